The Bertz CT molecular complexity index is 313. The molecule has 1 heterocycles. The Kier molecular flexibility index (Phi) is 5.99. The van der Waals surface area contributed by atoms with E-state index in [1.165, 1.54) is 12.0 Å². The van der Waals surface area contributed by atoms with E-state index in [-0.39, 0.29) is 0 Å². The van der Waals surface area contributed by atoms with Crippen LogP contribution in [0.3, 0.4) is 0 Å². The van der Waals surface area contributed by atoms with Crippen molar-refractivity contribution in [2.24, 2.45) is 5.92 Å². The molecule has 0 saturated heterocycles. The smallest absolute Gasteiger partial charge is 0.0410 e. The molecule has 1 N–H and O–H groups in total. The fourth-order valence-electron chi connectivity index (χ4n) is 1.69. The summed E-state index contributed by atoms with van der Waals surface area (Å²) in [6, 6.07) is 2.69. The highest BCUT2D eigenvalue weighted by atomic mass is 79.9. The number of nitrogens with one attached hydrogen (secondary N) is 1. The molecule has 3 heteroatoms. The molecule has 0 saturated carbocycles. The zero-order valence-electron chi connectivity index (χ0n) is 10.3. The zero-order chi connectivity index (χ0) is 12.0. The minimum Gasteiger partial charge on any atom is -0.313 e. The van der Waals surface area contributed by atoms with Crippen LogP contribution in [0, 0.1) is 5.92 Å². The van der Waals surface area contributed by atoms with Gasteiger partial charge >= 0.3 is 0 Å². The van der Waals surface area contributed by atoms with E-state index in [1.807, 2.05) is 12.4 Å². The maximum Gasteiger partial charge on any atom is 0.0410 e. The van der Waals surface area contributed by atoms with E-state index in [4.69, 9.17) is 0 Å². The van der Waals surface area contributed by atoms with Crippen molar-refractivity contribution < 1.29 is 0 Å². The van der Waals surface area contributed by atoms with Gasteiger partial charge in [-0.15, -0.1) is 0 Å². The third-order valence-corrected chi connectivity index (χ3v) is 3.11. The molecule has 0 amide bonds. The molecule has 0 aromatic carbocycles. The van der Waals surface area contributed by atoms with Crippen LogP contribution in [-0.2, 0) is 6.42 Å². The van der Waals surface area contributed by atoms with Crippen LogP contribution in [0.2, 0.25) is 0 Å². The Morgan fingerprint density at radius 2 is 2.12 bits per heavy atom. The predicted molar refractivity (Wildman–Crippen MR) is 72.6 cm³/mol. The monoisotopic (exact) mass is 284 g/mol. The molecule has 1 rings (SSSR count). The summed E-state index contributed by atoms with van der Waals surface area (Å²) in [5.74, 6) is 0.644. The van der Waals surface area contributed by atoms with E-state index in [0.717, 1.165) is 17.4 Å². The van der Waals surface area contributed by atoms with Crippen LogP contribution in [0.4, 0.5) is 0 Å². The van der Waals surface area contributed by atoms with Gasteiger partial charge in [-0.05, 0) is 52.9 Å². The molecule has 1 unspecified atom stereocenters. The average molecular weight is 285 g/mol. The molecule has 2 nitrogen and oxygen atoms in total. The molecule has 0 spiro atoms. The molecular weight excluding hydrogens is 264 g/mol. The van der Waals surface area contributed by atoms with Crippen LogP contribution in [0.25, 0.3) is 0 Å². The number of hydrogen-bond acceptors (Lipinski definition) is 2. The second-order valence-corrected chi connectivity index (χ2v) is 5.44. The first-order valence-electron chi connectivity index (χ1n) is 5.96. The van der Waals surface area contributed by atoms with Gasteiger partial charge in [-0.25, -0.2) is 0 Å². The van der Waals surface area contributed by atoms with Crippen molar-refractivity contribution in [3.63, 3.8) is 0 Å². The third-order valence-electron chi connectivity index (χ3n) is 2.68. The predicted octanol–water partition coefficient (Wildman–Crippen LogP) is 3.41. The largest absolute Gasteiger partial charge is 0.313 e. The molecule has 1 aromatic rings. The molecule has 0 bridgehead atoms. The van der Waals surface area contributed by atoms with E-state index >= 15 is 0 Å². The SMILES string of the molecule is CCCNC(Cc1cncc(Br)c1)C(C)C. The molecule has 0 aliphatic heterocycles. The Hall–Kier alpha value is -0.410. The molecule has 1 atom stereocenters. The van der Waals surface area contributed by atoms with Crippen molar-refractivity contribution in [1.82, 2.24) is 10.3 Å². The van der Waals surface area contributed by atoms with Crippen LogP contribution in [0.5, 0.6) is 0 Å². The van der Waals surface area contributed by atoms with Gasteiger partial charge in [0.15, 0.2) is 0 Å². The highest BCUT2D eigenvalue weighted by Crippen LogP contribution is 2.14. The lowest BCUT2D eigenvalue weighted by molar-refractivity contribution is 0.397. The second kappa shape index (κ2) is 7.02. The standard InChI is InChI=1S/C13H21BrN2/c1-4-5-16-13(10(2)3)7-11-6-12(14)9-15-8-11/h6,8-10,13,16H,4-5,7H2,1-3H3. The van der Waals surface area contributed by atoms with Crippen LogP contribution in [0.1, 0.15) is 32.8 Å². The minimum absolute atomic E-state index is 0.538. The Morgan fingerprint density at radius 1 is 1.38 bits per heavy atom. The summed E-state index contributed by atoms with van der Waals surface area (Å²) in [6.45, 7) is 7.81. The first-order chi connectivity index (χ1) is 7.63. The Balaban J connectivity index is 2.60. The molecule has 0 fully saturated rings. The molecule has 0 aliphatic carbocycles. The lowest BCUT2D eigenvalue weighted by atomic mass is 9.97. The molecular formula is C13H21BrN2. The number of halogens is 1. The van der Waals surface area contributed by atoms with Crippen molar-refractivity contribution in [3.05, 3.63) is 28.5 Å². The van der Waals surface area contributed by atoms with Gasteiger partial charge in [-0.2, -0.15) is 0 Å². The fraction of sp³-hybridized carbons (Fsp3) is 0.615. The van der Waals surface area contributed by atoms with Crippen molar-refractivity contribution in [2.45, 2.75) is 39.7 Å². The summed E-state index contributed by atoms with van der Waals surface area (Å²) in [4.78, 5) is 4.20. The second-order valence-electron chi connectivity index (χ2n) is 4.52. The van der Waals surface area contributed by atoms with Gasteiger partial charge in [0.25, 0.3) is 0 Å². The Morgan fingerprint density at radius 3 is 2.69 bits per heavy atom. The quantitative estimate of drug-likeness (QED) is 0.866. The molecule has 0 aliphatic rings. The molecule has 1 aromatic heterocycles. The van der Waals surface area contributed by atoms with E-state index in [2.05, 4.69) is 53.1 Å². The average Bonchev–Trinajstić information content (AvgIpc) is 2.24. The van der Waals surface area contributed by atoms with Crippen molar-refractivity contribution in [3.8, 4) is 0 Å². The maximum absolute atomic E-state index is 4.20. The van der Waals surface area contributed by atoms with Crippen LogP contribution in [-0.4, -0.2) is 17.6 Å². The van der Waals surface area contributed by atoms with Crippen LogP contribution >= 0.6 is 15.9 Å². The highest BCUT2D eigenvalue weighted by molar-refractivity contribution is 9.10. The molecule has 0 radical (unpaired) electrons. The lowest BCUT2D eigenvalue weighted by Crippen LogP contribution is -2.36. The maximum atomic E-state index is 4.20. The van der Waals surface area contributed by atoms with Gasteiger partial charge in [0.05, 0.1) is 0 Å². The summed E-state index contributed by atoms with van der Waals surface area (Å²) in [5, 5.41) is 3.59. The number of aromatic nitrogens is 1. The fourth-order valence-corrected chi connectivity index (χ4v) is 2.11. The summed E-state index contributed by atoms with van der Waals surface area (Å²) < 4.78 is 1.06. The third kappa shape index (κ3) is 4.62. The summed E-state index contributed by atoms with van der Waals surface area (Å²) in [7, 11) is 0. The topological polar surface area (TPSA) is 24.9 Å². The van der Waals surface area contributed by atoms with Gasteiger partial charge in [-0.3, -0.25) is 4.98 Å². The number of rotatable bonds is 6. The van der Waals surface area contributed by atoms with Gasteiger partial charge in [0.1, 0.15) is 0 Å². The van der Waals surface area contributed by atoms with Gasteiger partial charge in [-0.1, -0.05) is 20.8 Å². The van der Waals surface area contributed by atoms with E-state index in [0.29, 0.717) is 12.0 Å². The summed E-state index contributed by atoms with van der Waals surface area (Å²) in [6.07, 6.45) is 6.01. The lowest BCUT2D eigenvalue weighted by Gasteiger charge is -2.22. The van der Waals surface area contributed by atoms with Crippen molar-refractivity contribution >= 4 is 15.9 Å². The Labute approximate surface area is 107 Å². The normalized spacial score (nSPS) is 13.1. The van der Waals surface area contributed by atoms with E-state index in [1.54, 1.807) is 0 Å². The minimum atomic E-state index is 0.538. The van der Waals surface area contributed by atoms with Crippen molar-refractivity contribution in [1.29, 1.82) is 0 Å². The number of pyridine rings is 1. The van der Waals surface area contributed by atoms with Gasteiger partial charge in [0.2, 0.25) is 0 Å². The zero-order valence-corrected chi connectivity index (χ0v) is 11.9. The van der Waals surface area contributed by atoms with Crippen molar-refractivity contribution in [2.75, 3.05) is 6.54 Å². The molecule has 90 valence electrons. The molecule has 16 heavy (non-hydrogen) atoms. The number of nitrogens with zero attached hydrogens (tertiary/aromatic N) is 1. The summed E-state index contributed by atoms with van der Waals surface area (Å²) >= 11 is 3.46. The van der Waals surface area contributed by atoms with Crippen LogP contribution < -0.4 is 5.32 Å². The number of hydrogen-bond donors (Lipinski definition) is 1. The van der Waals surface area contributed by atoms with E-state index in [9.17, 15) is 0 Å². The first-order valence-corrected chi connectivity index (χ1v) is 6.75. The highest BCUT2D eigenvalue weighted by Gasteiger charge is 2.13. The van der Waals surface area contributed by atoms with Gasteiger partial charge < -0.3 is 5.32 Å². The van der Waals surface area contributed by atoms with Crippen LogP contribution in [0.15, 0.2) is 22.9 Å². The van der Waals surface area contributed by atoms with E-state index < -0.39 is 0 Å². The first kappa shape index (κ1) is 13.7. The van der Waals surface area contributed by atoms with Gasteiger partial charge in [0, 0.05) is 22.9 Å². The summed E-state index contributed by atoms with van der Waals surface area (Å²) in [5.41, 5.74) is 1.29.